The Kier molecular flexibility index (Phi) is 10.1. The highest BCUT2D eigenvalue weighted by atomic mass is 35.5. The molecule has 0 aliphatic carbocycles. The molecule has 1 aromatic carbocycles. The van der Waals surface area contributed by atoms with Crippen LogP contribution in [-0.2, 0) is 16.1 Å². The van der Waals surface area contributed by atoms with Crippen LogP contribution >= 0.6 is 36.2 Å². The molecule has 0 bridgehead atoms. The van der Waals surface area contributed by atoms with E-state index in [9.17, 15) is 14.7 Å². The molecule has 3 atom stereocenters. The van der Waals surface area contributed by atoms with Gasteiger partial charge in [-0.05, 0) is 23.5 Å². The third-order valence-electron chi connectivity index (χ3n) is 5.49. The lowest BCUT2D eigenvalue weighted by Gasteiger charge is -2.32. The van der Waals surface area contributed by atoms with E-state index >= 15 is 0 Å². The number of carbonyl (C=O) groups excluding carboxylic acids is 2. The minimum atomic E-state index is -0.735. The van der Waals surface area contributed by atoms with Crippen molar-refractivity contribution in [3.05, 3.63) is 41.0 Å². The molecule has 32 heavy (non-hydrogen) atoms. The lowest BCUT2D eigenvalue weighted by atomic mass is 9.86. The number of nitrogens with two attached hydrogens (primary N) is 1. The number of rotatable bonds is 5. The number of thiazole rings is 1. The number of aryl methyl sites for hydroxylation is 1. The molecule has 1 aromatic heterocycles. The number of aliphatic hydroxyl groups excluding tert-OH is 1. The van der Waals surface area contributed by atoms with E-state index in [2.05, 4.69) is 10.3 Å². The standard InChI is InChI=1S/C22H30N4O3S.2ClH/c1-13-18(30-12-25-13)15-7-5-14(6-8-15)10-24-20(28)17-9-16(27)11-26(17)21(29)19(23)22(2,3)4;;/h5-8,12,16-17,19,27H,9-11,23H2,1-4H3,(H,24,28);2*1H/t16-,17+,19+;;/m1../s1. The normalized spacial score (nSPS) is 19.0. The Morgan fingerprint density at radius 1 is 1.28 bits per heavy atom. The van der Waals surface area contributed by atoms with E-state index in [1.54, 1.807) is 11.3 Å². The molecule has 1 aliphatic rings. The van der Waals surface area contributed by atoms with E-state index in [1.165, 1.54) is 4.90 Å². The van der Waals surface area contributed by atoms with Gasteiger partial charge in [0, 0.05) is 19.5 Å². The van der Waals surface area contributed by atoms with Gasteiger partial charge >= 0.3 is 0 Å². The summed E-state index contributed by atoms with van der Waals surface area (Å²) < 4.78 is 0. The van der Waals surface area contributed by atoms with Gasteiger partial charge < -0.3 is 21.1 Å². The summed E-state index contributed by atoms with van der Waals surface area (Å²) in [7, 11) is 0. The van der Waals surface area contributed by atoms with E-state index in [0.717, 1.165) is 21.7 Å². The number of hydrogen-bond donors (Lipinski definition) is 3. The molecule has 1 saturated heterocycles. The Balaban J connectivity index is 0.00000256. The van der Waals surface area contributed by atoms with Crippen molar-refractivity contribution in [1.29, 1.82) is 0 Å². The van der Waals surface area contributed by atoms with E-state index in [-0.39, 0.29) is 49.6 Å². The summed E-state index contributed by atoms with van der Waals surface area (Å²) in [5.41, 5.74) is 10.6. The molecule has 0 saturated carbocycles. The van der Waals surface area contributed by atoms with Gasteiger partial charge in [0.05, 0.1) is 28.2 Å². The topological polar surface area (TPSA) is 109 Å². The van der Waals surface area contributed by atoms with Crippen LogP contribution in [0.15, 0.2) is 29.8 Å². The number of nitrogens with zero attached hydrogens (tertiary/aromatic N) is 2. The first-order chi connectivity index (χ1) is 14.1. The molecule has 10 heteroatoms. The molecule has 2 amide bonds. The molecule has 0 radical (unpaired) electrons. The molecule has 2 heterocycles. The van der Waals surface area contributed by atoms with Gasteiger partial charge in [0.2, 0.25) is 11.8 Å². The van der Waals surface area contributed by atoms with Gasteiger partial charge in [-0.3, -0.25) is 9.59 Å². The Bertz CT molecular complexity index is 915. The molecule has 1 aliphatic heterocycles. The second-order valence-electron chi connectivity index (χ2n) is 8.92. The number of aliphatic hydroxyl groups is 1. The van der Waals surface area contributed by atoms with Crippen LogP contribution in [0, 0.1) is 12.3 Å². The van der Waals surface area contributed by atoms with Crippen LogP contribution in [0.1, 0.15) is 38.4 Å². The predicted molar refractivity (Wildman–Crippen MR) is 132 cm³/mol. The highest BCUT2D eigenvalue weighted by Gasteiger charge is 2.42. The van der Waals surface area contributed by atoms with Crippen molar-refractivity contribution in [3.63, 3.8) is 0 Å². The Labute approximate surface area is 205 Å². The minimum Gasteiger partial charge on any atom is -0.391 e. The van der Waals surface area contributed by atoms with E-state index in [1.807, 2.05) is 57.5 Å². The fourth-order valence-corrected chi connectivity index (χ4v) is 4.33. The molecule has 3 rings (SSSR count). The van der Waals surface area contributed by atoms with Gasteiger partial charge in [0.1, 0.15) is 6.04 Å². The summed E-state index contributed by atoms with van der Waals surface area (Å²) in [6, 6.07) is 6.52. The van der Waals surface area contributed by atoms with E-state index in [0.29, 0.717) is 6.54 Å². The average molecular weight is 503 g/mol. The SMILES string of the molecule is Cc1ncsc1-c1ccc(CNC(=O)[C@@H]2C[C@@H](O)CN2C(=O)[C@H](N)C(C)(C)C)cc1.Cl.Cl. The van der Waals surface area contributed by atoms with E-state index < -0.39 is 23.6 Å². The molecule has 7 nitrogen and oxygen atoms in total. The lowest BCUT2D eigenvalue weighted by molar-refractivity contribution is -0.141. The maximum absolute atomic E-state index is 12.8. The Morgan fingerprint density at radius 3 is 2.44 bits per heavy atom. The van der Waals surface area contributed by atoms with Crippen LogP contribution in [0.25, 0.3) is 10.4 Å². The molecule has 1 fully saturated rings. The largest absolute Gasteiger partial charge is 0.391 e. The summed E-state index contributed by atoms with van der Waals surface area (Å²) >= 11 is 1.60. The smallest absolute Gasteiger partial charge is 0.243 e. The lowest BCUT2D eigenvalue weighted by Crippen LogP contribution is -2.54. The van der Waals surface area contributed by atoms with Crippen molar-refractivity contribution in [2.24, 2.45) is 11.1 Å². The highest BCUT2D eigenvalue weighted by molar-refractivity contribution is 7.13. The first-order valence-corrected chi connectivity index (χ1v) is 11.0. The number of nitrogens with one attached hydrogen (secondary N) is 1. The first kappa shape index (κ1) is 28.3. The minimum absolute atomic E-state index is 0. The number of carbonyl (C=O) groups is 2. The quantitative estimate of drug-likeness (QED) is 0.582. The average Bonchev–Trinajstić information content (AvgIpc) is 3.30. The van der Waals surface area contributed by atoms with Crippen LogP contribution in [0.5, 0.6) is 0 Å². The van der Waals surface area contributed by atoms with Gasteiger partial charge in [-0.25, -0.2) is 4.98 Å². The number of likely N-dealkylation sites (tertiary alicyclic amines) is 1. The van der Waals surface area contributed by atoms with Crippen molar-refractivity contribution in [2.45, 2.75) is 58.8 Å². The molecule has 4 N–H and O–H groups in total. The van der Waals surface area contributed by atoms with Crippen LogP contribution in [0.4, 0.5) is 0 Å². The van der Waals surface area contributed by atoms with Gasteiger partial charge in [-0.15, -0.1) is 36.2 Å². The van der Waals surface area contributed by atoms with Crippen molar-refractivity contribution < 1.29 is 14.7 Å². The molecule has 2 aromatic rings. The number of benzene rings is 1. The monoisotopic (exact) mass is 502 g/mol. The van der Waals surface area contributed by atoms with Crippen molar-refractivity contribution in [1.82, 2.24) is 15.2 Å². The number of β-amino-alcohol motifs (C(OH)–C–C–N with tert-alkyl or cyclic N) is 1. The molecular formula is C22H32Cl2N4O3S. The fourth-order valence-electron chi connectivity index (χ4n) is 3.51. The molecule has 178 valence electrons. The second-order valence-corrected chi connectivity index (χ2v) is 9.78. The van der Waals surface area contributed by atoms with Crippen molar-refractivity contribution in [2.75, 3.05) is 6.54 Å². The summed E-state index contributed by atoms with van der Waals surface area (Å²) in [4.78, 5) is 32.4. The second kappa shape index (κ2) is 11.4. The Morgan fingerprint density at radius 2 is 1.91 bits per heavy atom. The highest BCUT2D eigenvalue weighted by Crippen LogP contribution is 2.27. The molecule has 0 spiro atoms. The zero-order chi connectivity index (χ0) is 22.1. The summed E-state index contributed by atoms with van der Waals surface area (Å²) in [5, 5.41) is 13.0. The van der Waals surface area contributed by atoms with Crippen LogP contribution in [0.2, 0.25) is 0 Å². The van der Waals surface area contributed by atoms with Crippen molar-refractivity contribution >= 4 is 48.0 Å². The van der Waals surface area contributed by atoms with Gasteiger partial charge in [0.25, 0.3) is 0 Å². The predicted octanol–water partition coefficient (Wildman–Crippen LogP) is 2.91. The number of hydrogen-bond acceptors (Lipinski definition) is 6. The molecular weight excluding hydrogens is 471 g/mol. The molecule has 0 unspecified atom stereocenters. The zero-order valence-corrected chi connectivity index (χ0v) is 21.1. The van der Waals surface area contributed by atoms with Crippen LogP contribution < -0.4 is 11.1 Å². The maximum Gasteiger partial charge on any atom is 0.243 e. The van der Waals surface area contributed by atoms with Crippen LogP contribution in [0.3, 0.4) is 0 Å². The Hall–Kier alpha value is -1.71. The van der Waals surface area contributed by atoms with Gasteiger partial charge in [0.15, 0.2) is 0 Å². The van der Waals surface area contributed by atoms with Gasteiger partial charge in [-0.2, -0.15) is 0 Å². The van der Waals surface area contributed by atoms with E-state index in [4.69, 9.17) is 5.73 Å². The maximum atomic E-state index is 12.8. The third-order valence-corrected chi connectivity index (χ3v) is 6.47. The summed E-state index contributed by atoms with van der Waals surface area (Å²) in [6.07, 6.45) is -0.503. The van der Waals surface area contributed by atoms with Crippen LogP contribution in [-0.4, -0.2) is 51.5 Å². The zero-order valence-electron chi connectivity index (χ0n) is 18.7. The fraction of sp³-hybridized carbons (Fsp3) is 0.500. The first-order valence-electron chi connectivity index (χ1n) is 10.1. The number of amides is 2. The van der Waals surface area contributed by atoms with Crippen molar-refractivity contribution in [3.8, 4) is 10.4 Å². The third kappa shape index (κ3) is 6.42. The summed E-state index contributed by atoms with van der Waals surface area (Å²) in [5.74, 6) is -0.577. The number of halogens is 2. The summed E-state index contributed by atoms with van der Waals surface area (Å²) in [6.45, 7) is 8.11. The van der Waals surface area contributed by atoms with Gasteiger partial charge in [-0.1, -0.05) is 45.0 Å². The number of aromatic nitrogens is 1.